The van der Waals surface area contributed by atoms with Gasteiger partial charge in [0.2, 0.25) is 18.6 Å². The molecule has 1 N–H and O–H groups in total. The van der Waals surface area contributed by atoms with Crippen molar-refractivity contribution in [1.82, 2.24) is 0 Å². The van der Waals surface area contributed by atoms with Crippen LogP contribution in [0.4, 0.5) is 15.8 Å². The molecule has 0 bridgehead atoms. The van der Waals surface area contributed by atoms with Crippen molar-refractivity contribution in [2.75, 3.05) is 23.6 Å². The lowest BCUT2D eigenvalue weighted by Gasteiger charge is -2.17. The molecule has 4 rings (SSSR count). The zero-order valence-electron chi connectivity index (χ0n) is 13.5. The third kappa shape index (κ3) is 3.06. The van der Waals surface area contributed by atoms with E-state index in [2.05, 4.69) is 5.32 Å². The van der Waals surface area contributed by atoms with Crippen LogP contribution in [0.3, 0.4) is 0 Å². The molecule has 0 saturated carbocycles. The van der Waals surface area contributed by atoms with Gasteiger partial charge in [0.25, 0.3) is 0 Å². The van der Waals surface area contributed by atoms with Crippen molar-refractivity contribution in [1.29, 1.82) is 0 Å². The lowest BCUT2D eigenvalue weighted by atomic mass is 10.1. The quantitative estimate of drug-likeness (QED) is 0.893. The summed E-state index contributed by atoms with van der Waals surface area (Å²) in [5.41, 5.74) is 1.04. The van der Waals surface area contributed by atoms with Gasteiger partial charge in [-0.1, -0.05) is 11.6 Å². The first kappa shape index (κ1) is 16.7. The molecule has 1 unspecified atom stereocenters. The van der Waals surface area contributed by atoms with E-state index in [4.69, 9.17) is 21.1 Å². The summed E-state index contributed by atoms with van der Waals surface area (Å²) in [7, 11) is 0. The van der Waals surface area contributed by atoms with Gasteiger partial charge in [0.1, 0.15) is 5.82 Å². The van der Waals surface area contributed by atoms with E-state index < -0.39 is 11.7 Å². The number of ether oxygens (including phenoxy) is 2. The third-order valence-electron chi connectivity index (χ3n) is 4.35. The van der Waals surface area contributed by atoms with E-state index >= 15 is 0 Å². The number of halogens is 2. The van der Waals surface area contributed by atoms with Crippen molar-refractivity contribution in [3.05, 3.63) is 47.2 Å². The van der Waals surface area contributed by atoms with Crippen LogP contribution >= 0.6 is 11.6 Å². The number of carbonyl (C=O) groups is 2. The molecule has 6 nitrogen and oxygen atoms in total. The van der Waals surface area contributed by atoms with Crippen molar-refractivity contribution in [3.63, 3.8) is 0 Å². The lowest BCUT2D eigenvalue weighted by molar-refractivity contribution is -0.122. The van der Waals surface area contributed by atoms with E-state index in [1.807, 2.05) is 0 Å². The second-order valence-corrected chi connectivity index (χ2v) is 6.47. The predicted octanol–water partition coefficient (Wildman–Crippen LogP) is 3.20. The number of benzene rings is 2. The molecule has 0 spiro atoms. The monoisotopic (exact) mass is 376 g/mol. The fourth-order valence-electron chi connectivity index (χ4n) is 3.00. The largest absolute Gasteiger partial charge is 0.454 e. The number of amides is 2. The Kier molecular flexibility index (Phi) is 4.16. The number of rotatable bonds is 3. The molecule has 2 aliphatic heterocycles. The highest BCUT2D eigenvalue weighted by atomic mass is 35.5. The molecule has 8 heteroatoms. The van der Waals surface area contributed by atoms with E-state index in [9.17, 15) is 14.0 Å². The van der Waals surface area contributed by atoms with E-state index in [1.54, 1.807) is 18.2 Å². The maximum atomic E-state index is 13.3. The Morgan fingerprint density at radius 2 is 2.00 bits per heavy atom. The molecule has 0 radical (unpaired) electrons. The Hall–Kier alpha value is -2.80. The number of nitrogens with one attached hydrogen (secondary N) is 1. The minimum atomic E-state index is -0.556. The summed E-state index contributed by atoms with van der Waals surface area (Å²) in [4.78, 5) is 26.2. The fourth-order valence-corrected chi connectivity index (χ4v) is 3.18. The molecule has 0 aliphatic carbocycles. The first-order chi connectivity index (χ1) is 12.5. The van der Waals surface area contributed by atoms with Crippen LogP contribution in [0.25, 0.3) is 0 Å². The maximum absolute atomic E-state index is 13.3. The standard InChI is InChI=1S/C18H14ClFN2O4/c19-13-7-12(2-3-14(13)20)22-8-10(5-17(22)23)18(24)21-11-1-4-15-16(6-11)26-9-25-15/h1-4,6-7,10H,5,8-9H2,(H,21,24). The first-order valence-electron chi connectivity index (χ1n) is 7.97. The lowest BCUT2D eigenvalue weighted by Crippen LogP contribution is -2.28. The summed E-state index contributed by atoms with van der Waals surface area (Å²) >= 11 is 5.78. The van der Waals surface area contributed by atoms with Gasteiger partial charge in [-0.15, -0.1) is 0 Å². The summed E-state index contributed by atoms with van der Waals surface area (Å²) in [5, 5.41) is 2.72. The molecule has 1 atom stereocenters. The highest BCUT2D eigenvalue weighted by molar-refractivity contribution is 6.31. The Morgan fingerprint density at radius 3 is 2.81 bits per heavy atom. The molecular formula is C18H14ClFN2O4. The van der Waals surface area contributed by atoms with Gasteiger partial charge < -0.3 is 19.7 Å². The van der Waals surface area contributed by atoms with Crippen LogP contribution in [-0.4, -0.2) is 25.2 Å². The van der Waals surface area contributed by atoms with Crippen LogP contribution < -0.4 is 19.7 Å². The Balaban J connectivity index is 1.46. The number of hydrogen-bond donors (Lipinski definition) is 1. The molecule has 1 fully saturated rings. The number of carbonyl (C=O) groups excluding carboxylic acids is 2. The van der Waals surface area contributed by atoms with Crippen molar-refractivity contribution in [2.45, 2.75) is 6.42 Å². The van der Waals surface area contributed by atoms with Gasteiger partial charge >= 0.3 is 0 Å². The van der Waals surface area contributed by atoms with E-state index in [1.165, 1.54) is 23.1 Å². The van der Waals surface area contributed by atoms with E-state index in [0.29, 0.717) is 22.9 Å². The molecular weight excluding hydrogens is 363 g/mol. The van der Waals surface area contributed by atoms with Gasteiger partial charge in [-0.2, -0.15) is 0 Å². The first-order valence-corrected chi connectivity index (χ1v) is 8.35. The predicted molar refractivity (Wildman–Crippen MR) is 93.1 cm³/mol. The summed E-state index contributed by atoms with van der Waals surface area (Å²) < 4.78 is 23.8. The van der Waals surface area contributed by atoms with Gasteiger partial charge in [0.15, 0.2) is 11.5 Å². The van der Waals surface area contributed by atoms with Crippen LogP contribution in [0.2, 0.25) is 5.02 Å². The van der Waals surface area contributed by atoms with Crippen molar-refractivity contribution >= 4 is 34.8 Å². The average molecular weight is 377 g/mol. The van der Waals surface area contributed by atoms with Crippen molar-refractivity contribution < 1.29 is 23.5 Å². The van der Waals surface area contributed by atoms with Crippen LogP contribution in [0, 0.1) is 11.7 Å². The summed E-state index contributed by atoms with van der Waals surface area (Å²) in [6, 6.07) is 9.15. The fraction of sp³-hybridized carbons (Fsp3) is 0.222. The van der Waals surface area contributed by atoms with Crippen molar-refractivity contribution in [2.24, 2.45) is 5.92 Å². The van der Waals surface area contributed by atoms with Gasteiger partial charge in [0, 0.05) is 30.4 Å². The van der Waals surface area contributed by atoms with Gasteiger partial charge in [-0.05, 0) is 30.3 Å². The van der Waals surface area contributed by atoms with Gasteiger partial charge in [-0.3, -0.25) is 9.59 Å². The molecule has 134 valence electrons. The Labute approximate surface area is 153 Å². The minimum absolute atomic E-state index is 0.0661. The van der Waals surface area contributed by atoms with Crippen LogP contribution in [0.15, 0.2) is 36.4 Å². The molecule has 26 heavy (non-hydrogen) atoms. The van der Waals surface area contributed by atoms with Crippen LogP contribution in [0.5, 0.6) is 11.5 Å². The summed E-state index contributed by atoms with van der Waals surface area (Å²) in [5.74, 6) is -0.367. The smallest absolute Gasteiger partial charge is 0.231 e. The molecule has 2 amide bonds. The Bertz CT molecular complexity index is 905. The second kappa shape index (κ2) is 6.49. The Morgan fingerprint density at radius 1 is 1.19 bits per heavy atom. The highest BCUT2D eigenvalue weighted by Gasteiger charge is 2.35. The molecule has 1 saturated heterocycles. The van der Waals surface area contributed by atoms with Crippen molar-refractivity contribution in [3.8, 4) is 11.5 Å². The molecule has 2 aliphatic rings. The molecule has 2 aromatic carbocycles. The van der Waals surface area contributed by atoms with Gasteiger partial charge in [-0.25, -0.2) is 4.39 Å². The molecule has 0 aromatic heterocycles. The second-order valence-electron chi connectivity index (χ2n) is 6.06. The average Bonchev–Trinajstić information content (AvgIpc) is 3.23. The van der Waals surface area contributed by atoms with E-state index in [0.717, 1.165) is 0 Å². The van der Waals surface area contributed by atoms with Crippen LogP contribution in [0.1, 0.15) is 6.42 Å². The minimum Gasteiger partial charge on any atom is -0.454 e. The van der Waals surface area contributed by atoms with E-state index in [-0.39, 0.29) is 36.6 Å². The molecule has 2 heterocycles. The highest BCUT2D eigenvalue weighted by Crippen LogP contribution is 2.35. The zero-order chi connectivity index (χ0) is 18.3. The zero-order valence-corrected chi connectivity index (χ0v) is 14.3. The molecule has 2 aromatic rings. The topological polar surface area (TPSA) is 67.9 Å². The number of hydrogen-bond acceptors (Lipinski definition) is 4. The number of anilines is 2. The third-order valence-corrected chi connectivity index (χ3v) is 4.64. The summed E-state index contributed by atoms with van der Waals surface area (Å²) in [6.45, 7) is 0.357. The summed E-state index contributed by atoms with van der Waals surface area (Å²) in [6.07, 6.45) is 0.0748. The SMILES string of the molecule is O=C(Nc1ccc2c(c1)OCO2)C1CC(=O)N(c2ccc(F)c(Cl)c2)C1. The van der Waals surface area contributed by atoms with Crippen LogP contribution in [-0.2, 0) is 9.59 Å². The number of nitrogens with zero attached hydrogens (tertiary/aromatic N) is 1. The van der Waals surface area contributed by atoms with Gasteiger partial charge in [0.05, 0.1) is 10.9 Å². The normalized spacial score (nSPS) is 18.3. The number of fused-ring (bicyclic) bond motifs is 1. The maximum Gasteiger partial charge on any atom is 0.231 e.